The average molecular weight is 368 g/mol. The van der Waals surface area contributed by atoms with Crippen LogP contribution in [-0.2, 0) is 17.9 Å². The van der Waals surface area contributed by atoms with Crippen LogP contribution in [0, 0.1) is 24.0 Å². The molecule has 0 aliphatic rings. The van der Waals surface area contributed by atoms with E-state index < -0.39 is 4.92 Å². The van der Waals surface area contributed by atoms with Crippen molar-refractivity contribution in [1.29, 1.82) is 0 Å². The van der Waals surface area contributed by atoms with Gasteiger partial charge in [-0.15, -0.1) is 0 Å². The van der Waals surface area contributed by atoms with Crippen LogP contribution in [-0.4, -0.2) is 30.4 Å². The summed E-state index contributed by atoms with van der Waals surface area (Å²) >= 11 is 0. The molecule has 9 nitrogen and oxygen atoms in total. The van der Waals surface area contributed by atoms with Crippen LogP contribution < -0.4 is 5.32 Å². The molecule has 1 amide bonds. The van der Waals surface area contributed by atoms with Gasteiger partial charge in [0.15, 0.2) is 5.82 Å². The Balaban J connectivity index is 1.54. The Morgan fingerprint density at radius 2 is 2.04 bits per heavy atom. The predicted molar refractivity (Wildman–Crippen MR) is 99.4 cm³/mol. The summed E-state index contributed by atoms with van der Waals surface area (Å²) in [6, 6.07) is 11.3. The number of hydrogen-bond donors (Lipinski definition) is 1. The lowest BCUT2D eigenvalue weighted by Crippen LogP contribution is -2.16. The quantitative estimate of drug-likeness (QED) is 0.509. The fraction of sp³-hybridized carbons (Fsp3) is 0.278. The van der Waals surface area contributed by atoms with E-state index in [1.165, 1.54) is 16.3 Å². The van der Waals surface area contributed by atoms with Crippen LogP contribution in [0.1, 0.15) is 23.2 Å². The maximum absolute atomic E-state index is 12.1. The topological polar surface area (TPSA) is 108 Å². The van der Waals surface area contributed by atoms with Gasteiger partial charge in [-0.1, -0.05) is 29.8 Å². The molecule has 0 radical (unpaired) electrons. The largest absolute Gasteiger partial charge is 0.390 e. The zero-order valence-electron chi connectivity index (χ0n) is 15.1. The number of amides is 1. The van der Waals surface area contributed by atoms with E-state index in [1.807, 2.05) is 25.1 Å². The van der Waals surface area contributed by atoms with Crippen molar-refractivity contribution in [3.8, 4) is 0 Å². The Kier molecular flexibility index (Phi) is 5.30. The number of aryl methyl sites for hydroxylation is 3. The van der Waals surface area contributed by atoms with E-state index in [-0.39, 0.29) is 24.7 Å². The summed E-state index contributed by atoms with van der Waals surface area (Å²) in [6.45, 7) is 4.63. The summed E-state index contributed by atoms with van der Waals surface area (Å²) in [5, 5.41) is 21.7. The highest BCUT2D eigenvalue weighted by atomic mass is 16.6. The zero-order valence-corrected chi connectivity index (χ0v) is 15.1. The molecule has 0 aliphatic carbocycles. The Bertz CT molecular complexity index is 975. The molecule has 0 aliphatic heterocycles. The van der Waals surface area contributed by atoms with E-state index in [0.717, 1.165) is 5.56 Å². The third-order valence-corrected chi connectivity index (χ3v) is 4.04. The first-order valence-electron chi connectivity index (χ1n) is 8.48. The lowest BCUT2D eigenvalue weighted by atomic mass is 10.1. The summed E-state index contributed by atoms with van der Waals surface area (Å²) < 4.78 is 3.21. The standard InChI is InChI=1S/C18H20N6O3/c1-13-4-3-5-15(10-13)12-22-8-6-16(20-22)19-18(25)7-9-23-14(2)11-17(21-23)24(26)27/h3-6,8,10-11H,7,9,12H2,1-2H3,(H,19,20,25). The predicted octanol–water partition coefficient (Wildman–Crippen LogP) is 2.68. The van der Waals surface area contributed by atoms with Crippen molar-refractivity contribution in [2.45, 2.75) is 33.4 Å². The number of anilines is 1. The minimum absolute atomic E-state index is 0.143. The van der Waals surface area contributed by atoms with Gasteiger partial charge in [0, 0.05) is 18.7 Å². The molecule has 0 saturated carbocycles. The molecule has 2 heterocycles. The van der Waals surface area contributed by atoms with Crippen molar-refractivity contribution in [3.05, 3.63) is 69.5 Å². The van der Waals surface area contributed by atoms with Gasteiger partial charge in [-0.2, -0.15) is 9.78 Å². The van der Waals surface area contributed by atoms with Crippen molar-refractivity contribution < 1.29 is 9.72 Å². The van der Waals surface area contributed by atoms with Gasteiger partial charge in [0.05, 0.1) is 29.9 Å². The first-order valence-corrected chi connectivity index (χ1v) is 8.48. The average Bonchev–Trinajstić information content (AvgIpc) is 3.19. The van der Waals surface area contributed by atoms with Crippen molar-refractivity contribution in [2.24, 2.45) is 0 Å². The van der Waals surface area contributed by atoms with Crippen LogP contribution in [0.4, 0.5) is 11.6 Å². The first kappa shape index (κ1) is 18.3. The number of nitrogens with one attached hydrogen (secondary N) is 1. The molecule has 140 valence electrons. The minimum Gasteiger partial charge on any atom is -0.358 e. The summed E-state index contributed by atoms with van der Waals surface area (Å²) in [5.74, 6) is 0.0204. The lowest BCUT2D eigenvalue weighted by molar-refractivity contribution is -0.389. The maximum atomic E-state index is 12.1. The van der Waals surface area contributed by atoms with Crippen molar-refractivity contribution in [2.75, 3.05) is 5.32 Å². The normalized spacial score (nSPS) is 10.7. The number of rotatable bonds is 7. The molecule has 3 aromatic rings. The smallest absolute Gasteiger partial charge is 0.358 e. The zero-order chi connectivity index (χ0) is 19.4. The molecule has 0 fully saturated rings. The van der Waals surface area contributed by atoms with E-state index >= 15 is 0 Å². The van der Waals surface area contributed by atoms with E-state index in [1.54, 1.807) is 23.9 Å². The van der Waals surface area contributed by atoms with Gasteiger partial charge in [0.25, 0.3) is 0 Å². The molecule has 0 spiro atoms. The van der Waals surface area contributed by atoms with E-state index in [4.69, 9.17) is 0 Å². The first-order chi connectivity index (χ1) is 12.9. The summed E-state index contributed by atoms with van der Waals surface area (Å²) in [6.07, 6.45) is 1.95. The van der Waals surface area contributed by atoms with E-state index in [2.05, 4.69) is 21.6 Å². The third-order valence-electron chi connectivity index (χ3n) is 4.04. The van der Waals surface area contributed by atoms with Crippen molar-refractivity contribution in [1.82, 2.24) is 19.6 Å². The molecule has 0 atom stereocenters. The van der Waals surface area contributed by atoms with Gasteiger partial charge in [-0.25, -0.2) is 0 Å². The third kappa shape index (κ3) is 4.78. The van der Waals surface area contributed by atoms with Crippen LogP contribution >= 0.6 is 0 Å². The van der Waals surface area contributed by atoms with Gasteiger partial charge in [-0.3, -0.25) is 9.48 Å². The van der Waals surface area contributed by atoms with Gasteiger partial charge in [-0.05, 0) is 24.3 Å². The molecule has 9 heteroatoms. The molecule has 27 heavy (non-hydrogen) atoms. The molecule has 1 aromatic carbocycles. The van der Waals surface area contributed by atoms with Gasteiger partial charge < -0.3 is 15.4 Å². The van der Waals surface area contributed by atoms with Crippen LogP contribution in [0.25, 0.3) is 0 Å². The van der Waals surface area contributed by atoms with E-state index in [9.17, 15) is 14.9 Å². The Hall–Kier alpha value is -3.49. The second-order valence-electron chi connectivity index (χ2n) is 6.31. The van der Waals surface area contributed by atoms with Crippen LogP contribution in [0.15, 0.2) is 42.6 Å². The van der Waals surface area contributed by atoms with Gasteiger partial charge in [0.2, 0.25) is 5.91 Å². The second kappa shape index (κ2) is 7.81. The van der Waals surface area contributed by atoms with Crippen LogP contribution in [0.5, 0.6) is 0 Å². The van der Waals surface area contributed by atoms with Crippen LogP contribution in [0.2, 0.25) is 0 Å². The number of hydrogen-bond acceptors (Lipinski definition) is 5. The number of benzene rings is 1. The highest BCUT2D eigenvalue weighted by Gasteiger charge is 2.16. The minimum atomic E-state index is -0.551. The van der Waals surface area contributed by atoms with Gasteiger partial charge >= 0.3 is 5.82 Å². The molecule has 0 unspecified atom stereocenters. The monoisotopic (exact) mass is 368 g/mol. The molecule has 2 aromatic heterocycles. The van der Waals surface area contributed by atoms with Crippen molar-refractivity contribution >= 4 is 17.5 Å². The SMILES string of the molecule is Cc1cccc(Cn2ccc(NC(=O)CCn3nc([N+](=O)[O-])cc3C)n2)c1. The number of carbonyl (C=O) groups excluding carboxylic acids is 1. The summed E-state index contributed by atoms with van der Waals surface area (Å²) in [5.41, 5.74) is 2.95. The molecule has 1 N–H and O–H groups in total. The molecular formula is C18H20N6O3. The molecule has 0 bridgehead atoms. The van der Waals surface area contributed by atoms with E-state index in [0.29, 0.717) is 18.1 Å². The second-order valence-corrected chi connectivity index (χ2v) is 6.31. The Morgan fingerprint density at radius 3 is 2.74 bits per heavy atom. The fourth-order valence-electron chi connectivity index (χ4n) is 2.74. The Morgan fingerprint density at radius 1 is 1.22 bits per heavy atom. The van der Waals surface area contributed by atoms with Crippen molar-refractivity contribution in [3.63, 3.8) is 0 Å². The molecule has 0 saturated heterocycles. The van der Waals surface area contributed by atoms with Crippen LogP contribution in [0.3, 0.4) is 0 Å². The lowest BCUT2D eigenvalue weighted by Gasteiger charge is -2.04. The summed E-state index contributed by atoms with van der Waals surface area (Å²) in [7, 11) is 0. The number of nitrogens with zero attached hydrogens (tertiary/aromatic N) is 5. The maximum Gasteiger partial charge on any atom is 0.390 e. The highest BCUT2D eigenvalue weighted by molar-refractivity contribution is 5.89. The molecule has 3 rings (SSSR count). The highest BCUT2D eigenvalue weighted by Crippen LogP contribution is 2.12. The number of nitro groups is 1. The fourth-order valence-corrected chi connectivity index (χ4v) is 2.74. The Labute approximate surface area is 155 Å². The number of carbonyl (C=O) groups is 1. The van der Waals surface area contributed by atoms with Gasteiger partial charge in [0.1, 0.15) is 0 Å². The summed E-state index contributed by atoms with van der Waals surface area (Å²) in [4.78, 5) is 22.3. The number of aromatic nitrogens is 4. The molecular weight excluding hydrogens is 348 g/mol.